The normalized spacial score (nSPS) is 16.8. The van der Waals surface area contributed by atoms with Gasteiger partial charge in [0, 0.05) is 12.1 Å². The maximum atomic E-state index is 11.8. The Kier molecular flexibility index (Phi) is 5.25. The van der Waals surface area contributed by atoms with Gasteiger partial charge in [0.15, 0.2) is 0 Å². The van der Waals surface area contributed by atoms with Crippen molar-refractivity contribution < 1.29 is 9.53 Å². The van der Waals surface area contributed by atoms with E-state index in [1.165, 1.54) is 25.7 Å². The summed E-state index contributed by atoms with van der Waals surface area (Å²) in [6.07, 6.45) is 8.29. The lowest BCUT2D eigenvalue weighted by Crippen LogP contribution is -2.17. The van der Waals surface area contributed by atoms with E-state index in [4.69, 9.17) is 10.5 Å². The zero-order valence-electron chi connectivity index (χ0n) is 11.4. The summed E-state index contributed by atoms with van der Waals surface area (Å²) in [7, 11) is 0. The fourth-order valence-electron chi connectivity index (χ4n) is 2.60. The van der Waals surface area contributed by atoms with Crippen molar-refractivity contribution in [2.75, 3.05) is 5.73 Å². The van der Waals surface area contributed by atoms with Gasteiger partial charge in [-0.25, -0.2) is 0 Å². The molecule has 0 amide bonds. The molecule has 1 aromatic rings. The third-order valence-electron chi connectivity index (χ3n) is 3.67. The third-order valence-corrected chi connectivity index (χ3v) is 3.67. The quantitative estimate of drug-likeness (QED) is 0.513. The summed E-state index contributed by atoms with van der Waals surface area (Å²) >= 11 is 0. The number of ether oxygens (including phenoxy) is 1. The molecule has 1 aromatic carbocycles. The van der Waals surface area contributed by atoms with Gasteiger partial charge in [-0.2, -0.15) is 0 Å². The van der Waals surface area contributed by atoms with Crippen LogP contribution in [0, 0.1) is 0 Å². The Balaban J connectivity index is 1.74. The van der Waals surface area contributed by atoms with Gasteiger partial charge in [-0.3, -0.25) is 4.79 Å². The second-order valence-electron chi connectivity index (χ2n) is 5.35. The third kappa shape index (κ3) is 4.93. The van der Waals surface area contributed by atoms with Crippen LogP contribution in [-0.4, -0.2) is 12.1 Å². The van der Waals surface area contributed by atoms with E-state index in [1.807, 2.05) is 24.3 Å². The molecule has 0 radical (unpaired) electrons. The number of nitrogens with two attached hydrogens (primary N) is 1. The van der Waals surface area contributed by atoms with Gasteiger partial charge in [-0.15, -0.1) is 0 Å². The maximum Gasteiger partial charge on any atom is 0.306 e. The number of hydrogen-bond acceptors (Lipinski definition) is 3. The molecular weight excluding hydrogens is 238 g/mol. The Morgan fingerprint density at radius 3 is 2.63 bits per heavy atom. The molecule has 0 aliphatic heterocycles. The SMILES string of the molecule is Nc1cccc(CCC(=O)OC2CCCCCC2)c1. The molecule has 0 atom stereocenters. The maximum absolute atomic E-state index is 11.8. The summed E-state index contributed by atoms with van der Waals surface area (Å²) in [5, 5.41) is 0. The number of anilines is 1. The molecule has 3 nitrogen and oxygen atoms in total. The second kappa shape index (κ2) is 7.17. The molecule has 104 valence electrons. The van der Waals surface area contributed by atoms with Gasteiger partial charge < -0.3 is 10.5 Å². The van der Waals surface area contributed by atoms with Crippen LogP contribution in [-0.2, 0) is 16.0 Å². The summed E-state index contributed by atoms with van der Waals surface area (Å²) in [5.41, 5.74) is 7.56. The van der Waals surface area contributed by atoms with Crippen LogP contribution in [0.3, 0.4) is 0 Å². The number of carbonyl (C=O) groups is 1. The number of esters is 1. The minimum Gasteiger partial charge on any atom is -0.462 e. The lowest BCUT2D eigenvalue weighted by atomic mass is 10.1. The first kappa shape index (κ1) is 13.9. The van der Waals surface area contributed by atoms with Crippen molar-refractivity contribution in [2.24, 2.45) is 0 Å². The molecule has 1 aliphatic rings. The summed E-state index contributed by atoms with van der Waals surface area (Å²) in [5.74, 6) is -0.0747. The average Bonchev–Trinajstić information content (AvgIpc) is 2.65. The lowest BCUT2D eigenvalue weighted by molar-refractivity contribution is -0.149. The molecule has 0 unspecified atom stereocenters. The van der Waals surface area contributed by atoms with Gasteiger partial charge in [0.25, 0.3) is 0 Å². The number of nitrogen functional groups attached to an aromatic ring is 1. The van der Waals surface area contributed by atoms with E-state index in [9.17, 15) is 4.79 Å². The van der Waals surface area contributed by atoms with E-state index in [1.54, 1.807) is 0 Å². The van der Waals surface area contributed by atoms with Gasteiger partial charge in [-0.1, -0.05) is 25.0 Å². The Bertz CT molecular complexity index is 409. The van der Waals surface area contributed by atoms with Crippen molar-refractivity contribution in [3.63, 3.8) is 0 Å². The van der Waals surface area contributed by atoms with Gasteiger partial charge in [0.05, 0.1) is 0 Å². The van der Waals surface area contributed by atoms with Crippen LogP contribution in [0.2, 0.25) is 0 Å². The topological polar surface area (TPSA) is 52.3 Å². The lowest BCUT2D eigenvalue weighted by Gasteiger charge is -2.15. The Morgan fingerprint density at radius 1 is 1.21 bits per heavy atom. The van der Waals surface area contributed by atoms with Crippen LogP contribution in [0.15, 0.2) is 24.3 Å². The highest BCUT2D eigenvalue weighted by molar-refractivity contribution is 5.70. The van der Waals surface area contributed by atoms with Gasteiger partial charge in [0.2, 0.25) is 0 Å². The van der Waals surface area contributed by atoms with Crippen molar-refractivity contribution in [1.82, 2.24) is 0 Å². The number of benzene rings is 1. The smallest absolute Gasteiger partial charge is 0.306 e. The van der Waals surface area contributed by atoms with Crippen LogP contribution in [0.4, 0.5) is 5.69 Å². The number of rotatable bonds is 4. The molecule has 19 heavy (non-hydrogen) atoms. The standard InChI is InChI=1S/C16H23NO2/c17-14-7-5-6-13(12-14)10-11-16(18)19-15-8-3-1-2-4-9-15/h5-7,12,15H,1-4,8-11,17H2. The van der Waals surface area contributed by atoms with Crippen molar-refractivity contribution >= 4 is 11.7 Å². The molecular formula is C16H23NO2. The van der Waals surface area contributed by atoms with Gasteiger partial charge >= 0.3 is 5.97 Å². The zero-order valence-corrected chi connectivity index (χ0v) is 11.4. The largest absolute Gasteiger partial charge is 0.462 e. The molecule has 0 heterocycles. The molecule has 2 N–H and O–H groups in total. The van der Waals surface area contributed by atoms with Crippen LogP contribution >= 0.6 is 0 Å². The molecule has 0 bridgehead atoms. The van der Waals surface area contributed by atoms with Crippen LogP contribution in [0.5, 0.6) is 0 Å². The summed E-state index contributed by atoms with van der Waals surface area (Å²) in [6, 6.07) is 7.68. The van der Waals surface area contributed by atoms with Crippen LogP contribution in [0.1, 0.15) is 50.5 Å². The van der Waals surface area contributed by atoms with Gasteiger partial charge in [-0.05, 0) is 49.8 Å². The summed E-state index contributed by atoms with van der Waals surface area (Å²) in [6.45, 7) is 0. The highest BCUT2D eigenvalue weighted by Crippen LogP contribution is 2.20. The molecule has 0 saturated heterocycles. The number of hydrogen-bond donors (Lipinski definition) is 1. The van der Waals surface area contributed by atoms with E-state index in [0.29, 0.717) is 12.8 Å². The molecule has 1 saturated carbocycles. The Labute approximate surface area is 115 Å². The Hall–Kier alpha value is -1.51. The Morgan fingerprint density at radius 2 is 1.95 bits per heavy atom. The van der Waals surface area contributed by atoms with Gasteiger partial charge in [0.1, 0.15) is 6.10 Å². The predicted molar refractivity (Wildman–Crippen MR) is 76.8 cm³/mol. The summed E-state index contributed by atoms with van der Waals surface area (Å²) < 4.78 is 5.55. The van der Waals surface area contributed by atoms with Crippen molar-refractivity contribution in [1.29, 1.82) is 0 Å². The molecule has 3 heteroatoms. The van der Waals surface area contributed by atoms with E-state index < -0.39 is 0 Å². The molecule has 0 aromatic heterocycles. The molecule has 1 aliphatic carbocycles. The van der Waals surface area contributed by atoms with Crippen molar-refractivity contribution in [3.05, 3.63) is 29.8 Å². The fraction of sp³-hybridized carbons (Fsp3) is 0.562. The van der Waals surface area contributed by atoms with E-state index in [-0.39, 0.29) is 12.1 Å². The van der Waals surface area contributed by atoms with Crippen molar-refractivity contribution in [3.8, 4) is 0 Å². The minimum atomic E-state index is -0.0747. The number of aryl methyl sites for hydroxylation is 1. The first-order valence-electron chi connectivity index (χ1n) is 7.28. The second-order valence-corrected chi connectivity index (χ2v) is 5.35. The zero-order chi connectivity index (χ0) is 13.5. The summed E-state index contributed by atoms with van der Waals surface area (Å²) in [4.78, 5) is 11.8. The monoisotopic (exact) mass is 261 g/mol. The highest BCUT2D eigenvalue weighted by Gasteiger charge is 2.16. The molecule has 0 spiro atoms. The van der Waals surface area contributed by atoms with E-state index in [0.717, 1.165) is 24.1 Å². The van der Waals surface area contributed by atoms with E-state index in [2.05, 4.69) is 0 Å². The average molecular weight is 261 g/mol. The molecule has 2 rings (SSSR count). The van der Waals surface area contributed by atoms with Crippen LogP contribution < -0.4 is 5.73 Å². The highest BCUT2D eigenvalue weighted by atomic mass is 16.5. The fourth-order valence-corrected chi connectivity index (χ4v) is 2.60. The first-order valence-corrected chi connectivity index (χ1v) is 7.28. The number of carbonyl (C=O) groups excluding carboxylic acids is 1. The van der Waals surface area contributed by atoms with Crippen molar-refractivity contribution in [2.45, 2.75) is 57.5 Å². The predicted octanol–water partition coefficient (Wildman–Crippen LogP) is 3.47. The minimum absolute atomic E-state index is 0.0747. The van der Waals surface area contributed by atoms with E-state index >= 15 is 0 Å². The first-order chi connectivity index (χ1) is 9.24. The molecule has 1 fully saturated rings. The van der Waals surface area contributed by atoms with Crippen LogP contribution in [0.25, 0.3) is 0 Å².